The quantitative estimate of drug-likeness (QED) is 0.627. The summed E-state index contributed by atoms with van der Waals surface area (Å²) in [7, 11) is 3.32. The number of methoxy groups -OCH3 is 2. The van der Waals surface area contributed by atoms with Gasteiger partial charge in [-0.3, -0.25) is 0 Å². The number of aromatic nitrogens is 1. The van der Waals surface area contributed by atoms with Crippen molar-refractivity contribution in [2.45, 2.75) is 19.0 Å². The van der Waals surface area contributed by atoms with Gasteiger partial charge in [0.2, 0.25) is 0 Å². The molecule has 0 saturated carbocycles. The number of ether oxygens (including phenoxy) is 2. The van der Waals surface area contributed by atoms with Gasteiger partial charge in [-0.2, -0.15) is 0 Å². The van der Waals surface area contributed by atoms with Crippen molar-refractivity contribution in [3.63, 3.8) is 0 Å². The van der Waals surface area contributed by atoms with Crippen LogP contribution in [0.2, 0.25) is 0 Å². The number of hydrogen-bond donors (Lipinski definition) is 1. The molecule has 4 rings (SSSR count). The van der Waals surface area contributed by atoms with Gasteiger partial charge in [-0.15, -0.1) is 0 Å². The Bertz CT molecular complexity index is 997. The van der Waals surface area contributed by atoms with E-state index in [1.807, 2.05) is 47.4 Å². The number of nitrogens with zero attached hydrogens (tertiary/aromatic N) is 2. The van der Waals surface area contributed by atoms with Crippen LogP contribution >= 0.6 is 0 Å². The Balaban J connectivity index is 1.75. The second-order valence-corrected chi connectivity index (χ2v) is 7.31. The molecule has 6 heteroatoms. The summed E-state index contributed by atoms with van der Waals surface area (Å²) in [6.07, 6.45) is 2.83. The minimum Gasteiger partial charge on any atom is -0.497 e. The predicted molar refractivity (Wildman–Crippen MR) is 116 cm³/mol. The molecule has 0 saturated heterocycles. The third-order valence-corrected chi connectivity index (χ3v) is 5.46. The van der Waals surface area contributed by atoms with Crippen LogP contribution < -0.4 is 10.1 Å². The van der Waals surface area contributed by atoms with Gasteiger partial charge in [0.05, 0.1) is 25.4 Å². The summed E-state index contributed by atoms with van der Waals surface area (Å²) in [5.74, 6) is 0.793. The number of hydrogen-bond acceptors (Lipinski definition) is 3. The maximum atomic E-state index is 13.3. The lowest BCUT2D eigenvalue weighted by atomic mass is 10.0. The molecular weight excluding hydrogens is 378 g/mol. The van der Waals surface area contributed by atoms with Gasteiger partial charge in [0.15, 0.2) is 0 Å². The summed E-state index contributed by atoms with van der Waals surface area (Å²) < 4.78 is 12.6. The second-order valence-electron chi connectivity index (χ2n) is 7.31. The number of nitrogens with one attached hydrogen (secondary N) is 1. The van der Waals surface area contributed by atoms with Gasteiger partial charge in [0, 0.05) is 32.2 Å². The highest BCUT2D eigenvalue weighted by atomic mass is 16.5. The Morgan fingerprint density at radius 2 is 1.87 bits per heavy atom. The summed E-state index contributed by atoms with van der Waals surface area (Å²) in [6.45, 7) is 1.71. The molecule has 0 fully saturated rings. The van der Waals surface area contributed by atoms with E-state index in [9.17, 15) is 4.79 Å². The van der Waals surface area contributed by atoms with Crippen LogP contribution in [0.5, 0.6) is 5.75 Å². The molecule has 2 heterocycles. The molecule has 30 heavy (non-hydrogen) atoms. The van der Waals surface area contributed by atoms with Crippen molar-refractivity contribution in [3.8, 4) is 11.4 Å². The topological polar surface area (TPSA) is 55.7 Å². The van der Waals surface area contributed by atoms with Crippen molar-refractivity contribution in [2.75, 3.05) is 27.4 Å². The number of carbonyl (C=O) groups excluding carboxylic acids is 1. The van der Waals surface area contributed by atoms with Gasteiger partial charge in [-0.25, -0.2) is 4.79 Å². The highest BCUT2D eigenvalue weighted by Crippen LogP contribution is 2.37. The molecular formula is C24H27N3O3. The fourth-order valence-corrected chi connectivity index (χ4v) is 3.99. The number of fused-ring (bicyclic) bond motifs is 3. The van der Waals surface area contributed by atoms with Gasteiger partial charge in [0.1, 0.15) is 5.75 Å². The molecule has 1 aliphatic rings. The smallest absolute Gasteiger partial charge is 0.318 e. The Morgan fingerprint density at radius 3 is 2.63 bits per heavy atom. The first-order valence-corrected chi connectivity index (χ1v) is 10.2. The van der Waals surface area contributed by atoms with E-state index >= 15 is 0 Å². The van der Waals surface area contributed by atoms with E-state index in [0.29, 0.717) is 19.7 Å². The van der Waals surface area contributed by atoms with Crippen LogP contribution in [-0.2, 0) is 11.3 Å². The first-order valence-electron chi connectivity index (χ1n) is 10.2. The molecule has 0 radical (unpaired) electrons. The van der Waals surface area contributed by atoms with E-state index < -0.39 is 0 Å². The van der Waals surface area contributed by atoms with Crippen molar-refractivity contribution in [2.24, 2.45) is 0 Å². The number of urea groups is 1. The minimum absolute atomic E-state index is 0.0867. The fourth-order valence-electron chi connectivity index (χ4n) is 3.99. The number of rotatable bonds is 6. The molecule has 3 aromatic rings. The molecule has 1 aromatic heterocycles. The molecule has 2 aromatic carbocycles. The van der Waals surface area contributed by atoms with Gasteiger partial charge in [0.25, 0.3) is 0 Å². The third-order valence-electron chi connectivity index (χ3n) is 5.46. The lowest BCUT2D eigenvalue weighted by Crippen LogP contribution is -2.42. The highest BCUT2D eigenvalue weighted by molar-refractivity contribution is 5.76. The largest absolute Gasteiger partial charge is 0.497 e. The summed E-state index contributed by atoms with van der Waals surface area (Å²) in [5, 5.41) is 3.06. The molecule has 1 N–H and O–H groups in total. The van der Waals surface area contributed by atoms with E-state index in [1.54, 1.807) is 14.2 Å². The van der Waals surface area contributed by atoms with Gasteiger partial charge in [-0.1, -0.05) is 30.3 Å². The van der Waals surface area contributed by atoms with E-state index in [2.05, 4.69) is 34.3 Å². The summed E-state index contributed by atoms with van der Waals surface area (Å²) in [6, 6.07) is 20.0. The second kappa shape index (κ2) is 9.05. The van der Waals surface area contributed by atoms with Crippen molar-refractivity contribution >= 4 is 6.03 Å². The van der Waals surface area contributed by atoms with Crippen LogP contribution in [0.4, 0.5) is 4.79 Å². The zero-order valence-electron chi connectivity index (χ0n) is 17.4. The van der Waals surface area contributed by atoms with Gasteiger partial charge in [-0.05, 0) is 47.9 Å². The average molecular weight is 405 g/mol. The summed E-state index contributed by atoms with van der Waals surface area (Å²) >= 11 is 0. The van der Waals surface area contributed by atoms with Crippen LogP contribution in [-0.4, -0.2) is 42.9 Å². The molecule has 0 unspecified atom stereocenters. The SMILES string of the molecule is COCCCNC(=O)N1Cc2ccccc2-n2cccc2[C@@H]1c1ccc(OC)cc1. The number of para-hydroxylation sites is 1. The van der Waals surface area contributed by atoms with Gasteiger partial charge >= 0.3 is 6.03 Å². The van der Waals surface area contributed by atoms with Crippen molar-refractivity contribution in [1.29, 1.82) is 0 Å². The Hall–Kier alpha value is -3.25. The molecule has 0 bridgehead atoms. The van der Waals surface area contributed by atoms with E-state index in [4.69, 9.17) is 9.47 Å². The number of benzene rings is 2. The fraction of sp³-hybridized carbons (Fsp3) is 0.292. The zero-order valence-corrected chi connectivity index (χ0v) is 17.4. The molecule has 1 atom stereocenters. The lowest BCUT2D eigenvalue weighted by Gasteiger charge is -2.31. The van der Waals surface area contributed by atoms with Crippen LogP contribution in [0.25, 0.3) is 5.69 Å². The van der Waals surface area contributed by atoms with Crippen molar-refractivity contribution in [3.05, 3.63) is 83.7 Å². The van der Waals surface area contributed by atoms with Crippen molar-refractivity contribution in [1.82, 2.24) is 14.8 Å². The van der Waals surface area contributed by atoms with E-state index in [-0.39, 0.29) is 12.1 Å². The van der Waals surface area contributed by atoms with Crippen LogP contribution in [0.1, 0.15) is 29.3 Å². The maximum absolute atomic E-state index is 13.3. The first-order chi connectivity index (χ1) is 14.7. The van der Waals surface area contributed by atoms with Crippen LogP contribution in [0.15, 0.2) is 66.9 Å². The van der Waals surface area contributed by atoms with Crippen molar-refractivity contribution < 1.29 is 14.3 Å². The molecule has 2 amide bonds. The van der Waals surface area contributed by atoms with E-state index in [1.165, 1.54) is 0 Å². The number of carbonyl (C=O) groups is 1. The molecule has 1 aliphatic heterocycles. The predicted octanol–water partition coefficient (Wildman–Crippen LogP) is 4.14. The number of amides is 2. The summed E-state index contributed by atoms with van der Waals surface area (Å²) in [5.41, 5.74) is 4.30. The molecule has 0 spiro atoms. The average Bonchev–Trinajstić information content (AvgIpc) is 3.21. The van der Waals surface area contributed by atoms with Crippen LogP contribution in [0, 0.1) is 0 Å². The first kappa shape index (κ1) is 20.0. The van der Waals surface area contributed by atoms with Gasteiger partial charge < -0.3 is 24.3 Å². The normalized spacial score (nSPS) is 15.1. The molecule has 6 nitrogen and oxygen atoms in total. The zero-order chi connectivity index (χ0) is 20.9. The molecule has 0 aliphatic carbocycles. The highest BCUT2D eigenvalue weighted by Gasteiger charge is 2.32. The third kappa shape index (κ3) is 3.91. The standard InChI is InChI=1S/C24H27N3O3/c1-29-16-6-14-25-24(28)27-17-19-7-3-4-8-21(19)26-15-5-9-22(26)23(27)18-10-12-20(30-2)13-11-18/h3-5,7-13,15,23H,6,14,16-17H2,1-2H3,(H,25,28)/t23-/m0/s1. The minimum atomic E-state index is -0.222. The Kier molecular flexibility index (Phi) is 6.05. The lowest BCUT2D eigenvalue weighted by molar-refractivity contribution is 0.174. The Labute approximate surface area is 177 Å². The maximum Gasteiger partial charge on any atom is 0.318 e. The Morgan fingerprint density at radius 1 is 1.07 bits per heavy atom. The van der Waals surface area contributed by atoms with Crippen LogP contribution in [0.3, 0.4) is 0 Å². The summed E-state index contributed by atoms with van der Waals surface area (Å²) in [4.78, 5) is 15.2. The molecule has 156 valence electrons. The van der Waals surface area contributed by atoms with E-state index in [0.717, 1.165) is 34.7 Å². The monoisotopic (exact) mass is 405 g/mol.